The van der Waals surface area contributed by atoms with Crippen LogP contribution in [0.1, 0.15) is 42.4 Å². The molecule has 0 unspecified atom stereocenters. The van der Waals surface area contributed by atoms with Crippen LogP contribution in [-0.2, 0) is 12.5 Å². The second-order valence-electron chi connectivity index (χ2n) is 5.81. The molecule has 4 heteroatoms. The number of ketones is 1. The van der Waals surface area contributed by atoms with Crippen molar-refractivity contribution in [1.29, 1.82) is 0 Å². The molecule has 20 heavy (non-hydrogen) atoms. The monoisotopic (exact) mass is 272 g/mol. The number of hydrogen-bond donors (Lipinski definition) is 0. The number of nitrogens with zero attached hydrogens (tertiary/aromatic N) is 2. The van der Waals surface area contributed by atoms with E-state index in [0.29, 0.717) is 17.0 Å². The molecule has 0 aliphatic carbocycles. The van der Waals surface area contributed by atoms with Crippen LogP contribution in [0.5, 0.6) is 5.75 Å². The van der Waals surface area contributed by atoms with Crippen LogP contribution in [0.15, 0.2) is 30.5 Å². The van der Waals surface area contributed by atoms with Crippen LogP contribution in [0.2, 0.25) is 0 Å². The van der Waals surface area contributed by atoms with Gasteiger partial charge in [-0.3, -0.25) is 9.48 Å². The summed E-state index contributed by atoms with van der Waals surface area (Å²) in [6.45, 7) is 6.29. The first-order valence-corrected chi connectivity index (χ1v) is 6.56. The van der Waals surface area contributed by atoms with E-state index >= 15 is 0 Å². The minimum absolute atomic E-state index is 0.0626. The van der Waals surface area contributed by atoms with E-state index in [0.717, 1.165) is 5.56 Å². The number of rotatable bonds is 3. The number of carbonyl (C=O) groups is 1. The minimum atomic E-state index is -0.0991. The van der Waals surface area contributed by atoms with Crippen molar-refractivity contribution in [2.24, 2.45) is 7.05 Å². The fraction of sp³-hybridized carbons (Fsp3) is 0.375. The van der Waals surface area contributed by atoms with Crippen LogP contribution in [0.3, 0.4) is 0 Å². The van der Waals surface area contributed by atoms with E-state index in [1.54, 1.807) is 25.0 Å². The SMILES string of the molecule is COc1cnn(C)c1C(=O)c1ccccc1C(C)(C)C. The highest BCUT2D eigenvalue weighted by Crippen LogP contribution is 2.29. The van der Waals surface area contributed by atoms with Crippen LogP contribution >= 0.6 is 0 Å². The van der Waals surface area contributed by atoms with Gasteiger partial charge in [-0.2, -0.15) is 5.10 Å². The Labute approximate surface area is 119 Å². The summed E-state index contributed by atoms with van der Waals surface area (Å²) >= 11 is 0. The molecule has 1 aromatic heterocycles. The summed E-state index contributed by atoms with van der Waals surface area (Å²) in [5.74, 6) is 0.439. The van der Waals surface area contributed by atoms with E-state index in [1.807, 2.05) is 24.3 Å². The largest absolute Gasteiger partial charge is 0.493 e. The van der Waals surface area contributed by atoms with Crippen molar-refractivity contribution >= 4 is 5.78 Å². The van der Waals surface area contributed by atoms with Gasteiger partial charge in [-0.05, 0) is 11.0 Å². The van der Waals surface area contributed by atoms with Crippen molar-refractivity contribution in [3.8, 4) is 5.75 Å². The number of methoxy groups -OCH3 is 1. The second kappa shape index (κ2) is 5.12. The number of aromatic nitrogens is 2. The third-order valence-electron chi connectivity index (χ3n) is 3.32. The highest BCUT2D eigenvalue weighted by molar-refractivity contribution is 6.10. The summed E-state index contributed by atoms with van der Waals surface area (Å²) < 4.78 is 6.79. The molecule has 2 aromatic rings. The molecule has 0 aliphatic heterocycles. The Balaban J connectivity index is 2.58. The van der Waals surface area contributed by atoms with Crippen molar-refractivity contribution in [2.45, 2.75) is 26.2 Å². The maximum Gasteiger partial charge on any atom is 0.215 e. The summed E-state index contributed by atoms with van der Waals surface area (Å²) in [4.78, 5) is 12.8. The fourth-order valence-corrected chi connectivity index (χ4v) is 2.29. The molecule has 4 nitrogen and oxygen atoms in total. The second-order valence-corrected chi connectivity index (χ2v) is 5.81. The van der Waals surface area contributed by atoms with Gasteiger partial charge < -0.3 is 4.74 Å². The smallest absolute Gasteiger partial charge is 0.215 e. The predicted molar refractivity (Wildman–Crippen MR) is 78.3 cm³/mol. The topological polar surface area (TPSA) is 44.1 Å². The quantitative estimate of drug-likeness (QED) is 0.807. The average Bonchev–Trinajstić information content (AvgIpc) is 2.78. The highest BCUT2D eigenvalue weighted by Gasteiger charge is 2.25. The van der Waals surface area contributed by atoms with E-state index in [2.05, 4.69) is 25.9 Å². The zero-order valence-corrected chi connectivity index (χ0v) is 12.6. The van der Waals surface area contributed by atoms with Gasteiger partial charge in [-0.15, -0.1) is 0 Å². The zero-order valence-electron chi connectivity index (χ0n) is 12.6. The molecule has 0 amide bonds. The summed E-state index contributed by atoms with van der Waals surface area (Å²) in [6, 6.07) is 7.69. The Hall–Kier alpha value is -2.10. The van der Waals surface area contributed by atoms with Crippen LogP contribution in [0.25, 0.3) is 0 Å². The molecule has 0 bridgehead atoms. The lowest BCUT2D eigenvalue weighted by molar-refractivity contribution is 0.102. The van der Waals surface area contributed by atoms with Crippen molar-refractivity contribution in [3.63, 3.8) is 0 Å². The van der Waals surface area contributed by atoms with E-state index in [1.165, 1.54) is 0 Å². The molecular weight excluding hydrogens is 252 g/mol. The van der Waals surface area contributed by atoms with Crippen LogP contribution in [0, 0.1) is 0 Å². The highest BCUT2D eigenvalue weighted by atomic mass is 16.5. The lowest BCUT2D eigenvalue weighted by Gasteiger charge is -2.22. The van der Waals surface area contributed by atoms with Gasteiger partial charge in [0.2, 0.25) is 5.78 Å². The van der Waals surface area contributed by atoms with Crippen molar-refractivity contribution in [2.75, 3.05) is 7.11 Å². The van der Waals surface area contributed by atoms with Gasteiger partial charge >= 0.3 is 0 Å². The van der Waals surface area contributed by atoms with Crippen molar-refractivity contribution in [1.82, 2.24) is 9.78 Å². The van der Waals surface area contributed by atoms with Crippen molar-refractivity contribution in [3.05, 3.63) is 47.3 Å². The normalized spacial score (nSPS) is 11.4. The molecule has 1 aromatic carbocycles. The van der Waals surface area contributed by atoms with Gasteiger partial charge in [0, 0.05) is 12.6 Å². The molecule has 0 saturated heterocycles. The van der Waals surface area contributed by atoms with Gasteiger partial charge in [-0.25, -0.2) is 0 Å². The van der Waals surface area contributed by atoms with E-state index in [9.17, 15) is 4.79 Å². The van der Waals surface area contributed by atoms with Gasteiger partial charge in [-0.1, -0.05) is 45.0 Å². The number of hydrogen-bond acceptors (Lipinski definition) is 3. The summed E-state index contributed by atoms with van der Waals surface area (Å²) in [5.41, 5.74) is 2.09. The van der Waals surface area contributed by atoms with Gasteiger partial charge in [0.15, 0.2) is 11.4 Å². The molecule has 1 heterocycles. The average molecular weight is 272 g/mol. The molecule has 2 rings (SSSR count). The van der Waals surface area contributed by atoms with E-state index in [-0.39, 0.29) is 11.2 Å². The van der Waals surface area contributed by atoms with Gasteiger partial charge in [0.1, 0.15) is 0 Å². The lowest BCUT2D eigenvalue weighted by Crippen LogP contribution is -2.19. The Morgan fingerprint density at radius 1 is 1.25 bits per heavy atom. The van der Waals surface area contributed by atoms with E-state index in [4.69, 9.17) is 4.74 Å². The Morgan fingerprint density at radius 2 is 1.90 bits per heavy atom. The third-order valence-corrected chi connectivity index (χ3v) is 3.32. The van der Waals surface area contributed by atoms with Crippen LogP contribution < -0.4 is 4.74 Å². The molecule has 0 atom stereocenters. The van der Waals surface area contributed by atoms with Gasteiger partial charge in [0.25, 0.3) is 0 Å². The molecule has 0 aliphatic rings. The van der Waals surface area contributed by atoms with Gasteiger partial charge in [0.05, 0.1) is 13.3 Å². The Kier molecular flexibility index (Phi) is 3.66. The number of aryl methyl sites for hydroxylation is 1. The summed E-state index contributed by atoms with van der Waals surface area (Å²) in [5, 5.41) is 4.10. The number of carbonyl (C=O) groups excluding carboxylic acids is 1. The first kappa shape index (κ1) is 14.3. The maximum atomic E-state index is 12.8. The Morgan fingerprint density at radius 3 is 2.50 bits per heavy atom. The molecular formula is C16H20N2O2. The predicted octanol–water partition coefficient (Wildman–Crippen LogP) is 2.96. The first-order valence-electron chi connectivity index (χ1n) is 6.56. The molecule has 0 spiro atoms. The zero-order chi connectivity index (χ0) is 14.9. The molecule has 106 valence electrons. The third kappa shape index (κ3) is 2.46. The standard InChI is InChI=1S/C16H20N2O2/c1-16(2,3)12-9-7-6-8-11(12)15(19)14-13(20-5)10-17-18(14)4/h6-10H,1-5H3. The summed E-state index contributed by atoms with van der Waals surface area (Å²) in [7, 11) is 3.29. The minimum Gasteiger partial charge on any atom is -0.493 e. The van der Waals surface area contributed by atoms with Crippen molar-refractivity contribution < 1.29 is 9.53 Å². The Bertz CT molecular complexity index is 636. The van der Waals surface area contributed by atoms with E-state index < -0.39 is 0 Å². The maximum absolute atomic E-state index is 12.8. The van der Waals surface area contributed by atoms with Crippen LogP contribution in [-0.4, -0.2) is 22.7 Å². The molecule has 0 fully saturated rings. The molecule has 0 radical (unpaired) electrons. The number of benzene rings is 1. The lowest BCUT2D eigenvalue weighted by atomic mass is 9.82. The summed E-state index contributed by atoms with van der Waals surface area (Å²) in [6.07, 6.45) is 1.56. The fourth-order valence-electron chi connectivity index (χ4n) is 2.29. The number of ether oxygens (including phenoxy) is 1. The van der Waals surface area contributed by atoms with Crippen LogP contribution in [0.4, 0.5) is 0 Å². The first-order chi connectivity index (χ1) is 9.36. The molecule has 0 saturated carbocycles. The molecule has 0 N–H and O–H groups in total.